The van der Waals surface area contributed by atoms with Crippen molar-refractivity contribution in [2.75, 3.05) is 10.5 Å². The second kappa shape index (κ2) is 5.10. The van der Waals surface area contributed by atoms with E-state index in [2.05, 4.69) is 4.72 Å². The Kier molecular flexibility index (Phi) is 3.27. The van der Waals surface area contributed by atoms with Crippen LogP contribution in [-0.2, 0) is 10.0 Å². The number of nitrogens with two attached hydrogens (primary N) is 1. The molecule has 3 aromatic carbocycles. The molecule has 21 heavy (non-hydrogen) atoms. The van der Waals surface area contributed by atoms with E-state index < -0.39 is 10.0 Å². The van der Waals surface area contributed by atoms with Crippen molar-refractivity contribution in [3.8, 4) is 0 Å². The molecule has 0 unspecified atom stereocenters. The largest absolute Gasteiger partial charge is 0.399 e. The molecule has 3 aromatic rings. The van der Waals surface area contributed by atoms with Crippen molar-refractivity contribution >= 4 is 32.2 Å². The number of rotatable bonds is 3. The summed E-state index contributed by atoms with van der Waals surface area (Å²) in [5.74, 6) is 0. The van der Waals surface area contributed by atoms with E-state index in [0.29, 0.717) is 11.4 Å². The van der Waals surface area contributed by atoms with Crippen LogP contribution in [0.2, 0.25) is 0 Å². The number of sulfonamides is 1. The molecule has 0 radical (unpaired) electrons. The number of nitrogen functional groups attached to an aromatic ring is 1. The van der Waals surface area contributed by atoms with E-state index >= 15 is 0 Å². The first-order chi connectivity index (χ1) is 10.1. The Labute approximate surface area is 123 Å². The highest BCUT2D eigenvalue weighted by Crippen LogP contribution is 2.25. The molecule has 0 saturated carbocycles. The zero-order valence-electron chi connectivity index (χ0n) is 11.2. The lowest BCUT2D eigenvalue weighted by molar-refractivity contribution is 0.601. The summed E-state index contributed by atoms with van der Waals surface area (Å²) in [5.41, 5.74) is 6.67. The Morgan fingerprint density at radius 2 is 1.48 bits per heavy atom. The van der Waals surface area contributed by atoms with Gasteiger partial charge in [0, 0.05) is 11.1 Å². The van der Waals surface area contributed by atoms with E-state index in [9.17, 15) is 8.42 Å². The van der Waals surface area contributed by atoms with Crippen molar-refractivity contribution in [1.29, 1.82) is 0 Å². The summed E-state index contributed by atoms with van der Waals surface area (Å²) in [6.45, 7) is 0. The lowest BCUT2D eigenvalue weighted by Gasteiger charge is -2.11. The summed E-state index contributed by atoms with van der Waals surface area (Å²) in [7, 11) is -3.63. The predicted molar refractivity (Wildman–Crippen MR) is 85.6 cm³/mol. The van der Waals surface area contributed by atoms with Gasteiger partial charge in [0.1, 0.15) is 0 Å². The Bertz CT molecular complexity index is 882. The molecule has 0 amide bonds. The third-order valence-electron chi connectivity index (χ3n) is 3.22. The van der Waals surface area contributed by atoms with E-state index in [1.54, 1.807) is 18.2 Å². The van der Waals surface area contributed by atoms with Gasteiger partial charge in [-0.25, -0.2) is 8.42 Å². The van der Waals surface area contributed by atoms with E-state index in [1.807, 2.05) is 36.4 Å². The first-order valence-corrected chi connectivity index (χ1v) is 7.91. The maximum atomic E-state index is 12.4. The monoisotopic (exact) mass is 298 g/mol. The van der Waals surface area contributed by atoms with E-state index in [-0.39, 0.29) is 4.90 Å². The first-order valence-electron chi connectivity index (χ1n) is 6.42. The normalized spacial score (nSPS) is 11.4. The van der Waals surface area contributed by atoms with Crippen molar-refractivity contribution < 1.29 is 8.42 Å². The molecule has 3 N–H and O–H groups in total. The van der Waals surface area contributed by atoms with Crippen LogP contribution in [0.3, 0.4) is 0 Å². The molecule has 3 rings (SSSR count). The van der Waals surface area contributed by atoms with Crippen LogP contribution >= 0.6 is 0 Å². The maximum Gasteiger partial charge on any atom is 0.261 e. The van der Waals surface area contributed by atoms with Crippen LogP contribution in [0.25, 0.3) is 10.8 Å². The van der Waals surface area contributed by atoms with Crippen LogP contribution in [0.1, 0.15) is 0 Å². The molecule has 0 aromatic heterocycles. The quantitative estimate of drug-likeness (QED) is 0.729. The number of nitrogens with one attached hydrogen (secondary N) is 1. The van der Waals surface area contributed by atoms with Crippen molar-refractivity contribution in [3.05, 3.63) is 66.7 Å². The van der Waals surface area contributed by atoms with Gasteiger partial charge >= 0.3 is 0 Å². The van der Waals surface area contributed by atoms with Crippen molar-refractivity contribution in [2.24, 2.45) is 0 Å². The molecule has 0 fully saturated rings. The highest BCUT2D eigenvalue weighted by atomic mass is 32.2. The smallest absolute Gasteiger partial charge is 0.261 e. The minimum absolute atomic E-state index is 0.185. The van der Waals surface area contributed by atoms with Crippen LogP contribution in [0.15, 0.2) is 71.6 Å². The minimum Gasteiger partial charge on any atom is -0.399 e. The van der Waals surface area contributed by atoms with Crippen LogP contribution in [0, 0.1) is 0 Å². The van der Waals surface area contributed by atoms with Gasteiger partial charge in [0.15, 0.2) is 0 Å². The second-order valence-corrected chi connectivity index (χ2v) is 6.38. The van der Waals surface area contributed by atoms with Crippen molar-refractivity contribution in [1.82, 2.24) is 0 Å². The molecule has 0 aliphatic rings. The van der Waals surface area contributed by atoms with Gasteiger partial charge in [0.2, 0.25) is 0 Å². The molecule has 0 aliphatic carbocycles. The number of fused-ring (bicyclic) bond motifs is 1. The van der Waals surface area contributed by atoms with Gasteiger partial charge in [-0.1, -0.05) is 36.4 Å². The second-order valence-electron chi connectivity index (χ2n) is 4.70. The van der Waals surface area contributed by atoms with Crippen LogP contribution in [-0.4, -0.2) is 8.42 Å². The van der Waals surface area contributed by atoms with Crippen LogP contribution in [0.4, 0.5) is 11.4 Å². The molecule has 5 heteroatoms. The molecule has 0 atom stereocenters. The lowest BCUT2D eigenvalue weighted by Crippen LogP contribution is -2.13. The summed E-state index contributed by atoms with van der Waals surface area (Å²) in [4.78, 5) is 0.185. The Morgan fingerprint density at radius 1 is 0.810 bits per heavy atom. The highest BCUT2D eigenvalue weighted by molar-refractivity contribution is 7.92. The third-order valence-corrected chi connectivity index (χ3v) is 4.61. The highest BCUT2D eigenvalue weighted by Gasteiger charge is 2.15. The minimum atomic E-state index is -3.63. The average Bonchev–Trinajstić information content (AvgIpc) is 2.48. The zero-order valence-corrected chi connectivity index (χ0v) is 12.0. The molecule has 0 aliphatic heterocycles. The van der Waals surface area contributed by atoms with Gasteiger partial charge in [0.25, 0.3) is 10.0 Å². The number of hydrogen-bond donors (Lipinski definition) is 2. The molecule has 0 spiro atoms. The fraction of sp³-hybridized carbons (Fsp3) is 0. The standard InChI is InChI=1S/C16H14N2O2S/c17-13-8-10-14(11-9-13)21(19,20)18-16-7-3-5-12-4-1-2-6-15(12)16/h1-11,18H,17H2. The average molecular weight is 298 g/mol. The molecule has 4 nitrogen and oxygen atoms in total. The van der Waals surface area contributed by atoms with E-state index in [1.165, 1.54) is 12.1 Å². The molecule has 106 valence electrons. The number of hydrogen-bond acceptors (Lipinski definition) is 3. The van der Waals surface area contributed by atoms with Gasteiger partial charge in [-0.3, -0.25) is 4.72 Å². The molecule has 0 heterocycles. The Morgan fingerprint density at radius 3 is 2.24 bits per heavy atom. The molecular weight excluding hydrogens is 284 g/mol. The van der Waals surface area contributed by atoms with Crippen LogP contribution < -0.4 is 10.5 Å². The number of benzene rings is 3. The lowest BCUT2D eigenvalue weighted by atomic mass is 10.1. The summed E-state index contributed by atoms with van der Waals surface area (Å²) < 4.78 is 27.4. The zero-order chi connectivity index (χ0) is 14.9. The van der Waals surface area contributed by atoms with Gasteiger partial charge in [0.05, 0.1) is 10.6 Å². The molecule has 0 bridgehead atoms. The summed E-state index contributed by atoms with van der Waals surface area (Å²) >= 11 is 0. The van der Waals surface area contributed by atoms with Crippen molar-refractivity contribution in [3.63, 3.8) is 0 Å². The van der Waals surface area contributed by atoms with E-state index in [4.69, 9.17) is 5.73 Å². The first kappa shape index (κ1) is 13.5. The van der Waals surface area contributed by atoms with Crippen LogP contribution in [0.5, 0.6) is 0 Å². The van der Waals surface area contributed by atoms with E-state index in [0.717, 1.165) is 10.8 Å². The van der Waals surface area contributed by atoms with Gasteiger partial charge in [-0.2, -0.15) is 0 Å². The van der Waals surface area contributed by atoms with Crippen molar-refractivity contribution in [2.45, 2.75) is 4.90 Å². The van der Waals surface area contributed by atoms with Gasteiger partial charge < -0.3 is 5.73 Å². The Balaban J connectivity index is 2.03. The fourth-order valence-corrected chi connectivity index (χ4v) is 3.24. The predicted octanol–water partition coefficient (Wildman–Crippen LogP) is 3.22. The fourth-order valence-electron chi connectivity index (χ4n) is 2.17. The summed E-state index contributed by atoms with van der Waals surface area (Å²) in [5, 5.41) is 1.84. The molecule has 0 saturated heterocycles. The topological polar surface area (TPSA) is 72.2 Å². The SMILES string of the molecule is Nc1ccc(S(=O)(=O)Nc2cccc3ccccc23)cc1. The van der Waals surface area contributed by atoms with Gasteiger partial charge in [-0.05, 0) is 35.7 Å². The number of anilines is 2. The Hall–Kier alpha value is -2.53. The third kappa shape index (κ3) is 2.68. The summed E-state index contributed by atoms with van der Waals surface area (Å²) in [6, 6.07) is 19.2. The molecular formula is C16H14N2O2S. The van der Waals surface area contributed by atoms with Gasteiger partial charge in [-0.15, -0.1) is 0 Å². The maximum absolute atomic E-state index is 12.4. The summed E-state index contributed by atoms with van der Waals surface area (Å²) in [6.07, 6.45) is 0.